The average Bonchev–Trinajstić information content (AvgIpc) is 3.13. The van der Waals surface area contributed by atoms with Crippen LogP contribution >= 0.6 is 0 Å². The van der Waals surface area contributed by atoms with Crippen LogP contribution in [0, 0.1) is 6.92 Å². The third kappa shape index (κ3) is 3.08. The molecule has 1 aliphatic heterocycles. The molecule has 9 heteroatoms. The number of hydrogen-bond acceptors (Lipinski definition) is 7. The van der Waals surface area contributed by atoms with Crippen LogP contribution in [-0.4, -0.2) is 36.2 Å². The Labute approximate surface area is 195 Å². The number of ether oxygens (including phenoxy) is 2. The van der Waals surface area contributed by atoms with Crippen molar-refractivity contribution in [2.45, 2.75) is 16.7 Å². The van der Waals surface area contributed by atoms with E-state index in [0.29, 0.717) is 47.1 Å². The maximum absolute atomic E-state index is 13.8. The molecule has 3 aromatic carbocycles. The Bertz CT molecular complexity index is 1690. The van der Waals surface area contributed by atoms with Crippen molar-refractivity contribution in [3.63, 3.8) is 0 Å². The van der Waals surface area contributed by atoms with Crippen molar-refractivity contribution < 1.29 is 17.9 Å². The molecule has 8 nitrogen and oxygen atoms in total. The molecule has 1 aliphatic rings. The minimum Gasteiger partial charge on any atom is -0.486 e. The molecular weight excluding hydrogens is 452 g/mol. The van der Waals surface area contributed by atoms with Crippen molar-refractivity contribution in [1.29, 1.82) is 0 Å². The maximum Gasteiger partial charge on any atom is 0.212 e. The van der Waals surface area contributed by atoms with Crippen LogP contribution in [0.25, 0.3) is 27.9 Å². The largest absolute Gasteiger partial charge is 0.486 e. The molecule has 0 radical (unpaired) electrons. The molecule has 0 saturated heterocycles. The second-order valence-electron chi connectivity index (χ2n) is 8.08. The highest BCUT2D eigenvalue weighted by Crippen LogP contribution is 2.39. The fourth-order valence-electron chi connectivity index (χ4n) is 4.17. The highest BCUT2D eigenvalue weighted by atomic mass is 32.2. The number of aryl methyl sites for hydroxylation is 1. The van der Waals surface area contributed by atoms with Gasteiger partial charge in [-0.3, -0.25) is 4.57 Å². The molecule has 0 unspecified atom stereocenters. The van der Waals surface area contributed by atoms with E-state index in [1.54, 1.807) is 53.1 Å². The van der Waals surface area contributed by atoms with Crippen LogP contribution in [0.5, 0.6) is 11.5 Å². The Kier molecular flexibility index (Phi) is 4.50. The molecular formula is C25H20N4O4S. The first-order valence-corrected chi connectivity index (χ1v) is 12.2. The zero-order valence-electron chi connectivity index (χ0n) is 18.2. The summed E-state index contributed by atoms with van der Waals surface area (Å²) in [7, 11) is -3.99. The highest BCUT2D eigenvalue weighted by molar-refractivity contribution is 7.92. The van der Waals surface area contributed by atoms with Gasteiger partial charge in [0, 0.05) is 6.07 Å². The van der Waals surface area contributed by atoms with E-state index in [9.17, 15) is 8.42 Å². The van der Waals surface area contributed by atoms with Crippen LogP contribution in [0.3, 0.4) is 0 Å². The molecule has 6 rings (SSSR count). The lowest BCUT2D eigenvalue weighted by Crippen LogP contribution is -2.15. The van der Waals surface area contributed by atoms with Crippen molar-refractivity contribution in [3.05, 3.63) is 72.3 Å². The molecule has 0 aliphatic carbocycles. The monoisotopic (exact) mass is 472 g/mol. The van der Waals surface area contributed by atoms with Gasteiger partial charge < -0.3 is 15.2 Å². The van der Waals surface area contributed by atoms with E-state index in [1.807, 2.05) is 25.1 Å². The second-order valence-corrected chi connectivity index (χ2v) is 9.97. The zero-order valence-corrected chi connectivity index (χ0v) is 19.0. The molecule has 0 spiro atoms. The van der Waals surface area contributed by atoms with Crippen LogP contribution < -0.4 is 15.2 Å². The third-order valence-corrected chi connectivity index (χ3v) is 7.67. The van der Waals surface area contributed by atoms with Crippen molar-refractivity contribution in [2.24, 2.45) is 0 Å². The van der Waals surface area contributed by atoms with Gasteiger partial charge in [0.1, 0.15) is 29.4 Å². The predicted molar refractivity (Wildman–Crippen MR) is 128 cm³/mol. The number of para-hydroxylation sites is 2. The lowest BCUT2D eigenvalue weighted by molar-refractivity contribution is 0.171. The summed E-state index contributed by atoms with van der Waals surface area (Å²) < 4.78 is 40.5. The lowest BCUT2D eigenvalue weighted by atomic mass is 10.2. The van der Waals surface area contributed by atoms with E-state index in [4.69, 9.17) is 20.2 Å². The van der Waals surface area contributed by atoms with E-state index in [-0.39, 0.29) is 21.1 Å². The first-order valence-electron chi connectivity index (χ1n) is 10.7. The Morgan fingerprint density at radius 1 is 0.882 bits per heavy atom. The summed E-state index contributed by atoms with van der Waals surface area (Å²) in [5, 5.41) is 0. The van der Waals surface area contributed by atoms with Gasteiger partial charge in [-0.25, -0.2) is 18.4 Å². The number of nitrogens with two attached hydrogens (primary N) is 1. The first-order chi connectivity index (χ1) is 16.4. The van der Waals surface area contributed by atoms with Crippen LogP contribution in [0.2, 0.25) is 0 Å². The zero-order chi connectivity index (χ0) is 23.4. The Hall–Kier alpha value is -4.11. The number of sulfone groups is 1. The van der Waals surface area contributed by atoms with Gasteiger partial charge in [0.2, 0.25) is 9.84 Å². The van der Waals surface area contributed by atoms with E-state index in [0.717, 1.165) is 5.56 Å². The summed E-state index contributed by atoms with van der Waals surface area (Å²) >= 11 is 0. The number of hydrogen-bond donors (Lipinski definition) is 1. The molecule has 0 amide bonds. The van der Waals surface area contributed by atoms with Crippen LogP contribution in [0.15, 0.2) is 76.5 Å². The fraction of sp³-hybridized carbons (Fsp3) is 0.120. The summed E-state index contributed by atoms with van der Waals surface area (Å²) in [5.41, 5.74) is 9.89. The van der Waals surface area contributed by atoms with Gasteiger partial charge in [0.15, 0.2) is 17.1 Å². The van der Waals surface area contributed by atoms with Crippen molar-refractivity contribution in [3.8, 4) is 17.2 Å². The standard InChI is InChI=1S/C25H20N4O4S/c1-15-6-9-17(10-7-15)34(30,31)23-22-25(28-19-5-3-2-4-18(19)27-22)29(24(23)26)16-8-11-20-21(14-16)33-13-12-32-20/h2-11,14H,12-13,26H2,1H3. The van der Waals surface area contributed by atoms with Gasteiger partial charge >= 0.3 is 0 Å². The average molecular weight is 473 g/mol. The quantitative estimate of drug-likeness (QED) is 0.422. The van der Waals surface area contributed by atoms with Gasteiger partial charge in [-0.2, -0.15) is 0 Å². The summed E-state index contributed by atoms with van der Waals surface area (Å²) in [6, 6.07) is 19.3. The Morgan fingerprint density at radius 2 is 1.56 bits per heavy atom. The van der Waals surface area contributed by atoms with E-state index in [1.165, 1.54) is 0 Å². The maximum atomic E-state index is 13.8. The third-order valence-electron chi connectivity index (χ3n) is 5.84. The van der Waals surface area contributed by atoms with Crippen molar-refractivity contribution >= 4 is 37.9 Å². The first kappa shape index (κ1) is 20.5. The minimum absolute atomic E-state index is 0.0301. The Morgan fingerprint density at radius 3 is 2.29 bits per heavy atom. The molecule has 0 saturated carbocycles. The molecule has 34 heavy (non-hydrogen) atoms. The molecule has 2 N–H and O–H groups in total. The molecule has 2 aromatic heterocycles. The van der Waals surface area contributed by atoms with Crippen LogP contribution in [-0.2, 0) is 9.84 Å². The molecule has 0 bridgehead atoms. The van der Waals surface area contributed by atoms with Gasteiger partial charge in [-0.1, -0.05) is 29.8 Å². The fourth-order valence-corrected chi connectivity index (χ4v) is 5.66. The number of anilines is 1. The minimum atomic E-state index is -3.99. The number of fused-ring (bicyclic) bond motifs is 3. The molecule has 0 fully saturated rings. The van der Waals surface area contributed by atoms with Crippen molar-refractivity contribution in [1.82, 2.24) is 14.5 Å². The summed E-state index contributed by atoms with van der Waals surface area (Å²) in [6.07, 6.45) is 0. The van der Waals surface area contributed by atoms with Crippen molar-refractivity contribution in [2.75, 3.05) is 18.9 Å². The predicted octanol–water partition coefficient (Wildman–Crippen LogP) is 4.07. The van der Waals surface area contributed by atoms with Crippen LogP contribution in [0.4, 0.5) is 5.82 Å². The summed E-state index contributed by atoms with van der Waals surface area (Å²) in [4.78, 5) is 9.51. The number of nitrogen functional groups attached to an aromatic ring is 1. The van der Waals surface area contributed by atoms with Gasteiger partial charge in [0.05, 0.1) is 21.6 Å². The summed E-state index contributed by atoms with van der Waals surface area (Å²) in [6.45, 7) is 2.79. The number of aromatic nitrogens is 3. The topological polar surface area (TPSA) is 109 Å². The summed E-state index contributed by atoms with van der Waals surface area (Å²) in [5.74, 6) is 1.21. The van der Waals surface area contributed by atoms with E-state index < -0.39 is 9.84 Å². The molecule has 0 atom stereocenters. The Balaban J connectivity index is 1.68. The SMILES string of the molecule is Cc1ccc(S(=O)(=O)c2c(N)n(-c3ccc4c(c3)OCCO4)c3nc4ccccc4nc23)cc1. The lowest BCUT2D eigenvalue weighted by Gasteiger charge is -2.19. The molecule has 5 aromatic rings. The van der Waals surface area contributed by atoms with Gasteiger partial charge in [-0.15, -0.1) is 0 Å². The van der Waals surface area contributed by atoms with Gasteiger partial charge in [0.25, 0.3) is 0 Å². The number of nitrogens with zero attached hydrogens (tertiary/aromatic N) is 3. The number of rotatable bonds is 3. The smallest absolute Gasteiger partial charge is 0.212 e. The van der Waals surface area contributed by atoms with Gasteiger partial charge in [-0.05, 0) is 43.3 Å². The number of benzene rings is 3. The second kappa shape index (κ2) is 7.46. The highest BCUT2D eigenvalue weighted by Gasteiger charge is 2.31. The van der Waals surface area contributed by atoms with E-state index in [2.05, 4.69) is 4.98 Å². The normalized spacial score (nSPS) is 13.4. The molecule has 3 heterocycles. The molecule has 170 valence electrons. The van der Waals surface area contributed by atoms with E-state index >= 15 is 0 Å². The van der Waals surface area contributed by atoms with Crippen LogP contribution in [0.1, 0.15) is 5.56 Å².